The van der Waals surface area contributed by atoms with Crippen LogP contribution in [0.4, 0.5) is 0 Å². The van der Waals surface area contributed by atoms with Gasteiger partial charge >= 0.3 is 5.97 Å². The number of fused-ring (bicyclic) bond motifs is 1. The fourth-order valence-corrected chi connectivity index (χ4v) is 4.11. The molecule has 0 bridgehead atoms. The van der Waals surface area contributed by atoms with Crippen LogP contribution in [0.2, 0.25) is 0 Å². The van der Waals surface area contributed by atoms with E-state index in [-0.39, 0.29) is 6.04 Å². The number of para-hydroxylation sites is 1. The van der Waals surface area contributed by atoms with Gasteiger partial charge in [0.15, 0.2) is 23.0 Å². The first-order chi connectivity index (χ1) is 12.6. The molecule has 0 aliphatic heterocycles. The van der Waals surface area contributed by atoms with Crippen molar-refractivity contribution in [3.63, 3.8) is 0 Å². The van der Waals surface area contributed by atoms with Crippen LogP contribution in [-0.2, 0) is 15.9 Å². The maximum absolute atomic E-state index is 11.7. The molecule has 0 saturated carbocycles. The van der Waals surface area contributed by atoms with Crippen molar-refractivity contribution >= 4 is 38.4 Å². The zero-order valence-electron chi connectivity index (χ0n) is 14.7. The molecule has 0 saturated heterocycles. The van der Waals surface area contributed by atoms with E-state index in [9.17, 15) is 4.79 Å². The van der Waals surface area contributed by atoms with Gasteiger partial charge in [0, 0.05) is 18.3 Å². The standard InChI is InChI=1S/C19H22IN2O3P/c1-24-18-8-3-2-5-13(18)11-12-22(26)17-7-4-6-15-14(17)9-10-16(21-15)19(23)25-20/h2-3,5,8-10,17H,4,6-7,11-12,26H2,1H3. The number of rotatable bonds is 6. The average molecular weight is 484 g/mol. The minimum atomic E-state index is -0.394. The molecule has 0 amide bonds. The molecule has 5 nitrogen and oxygen atoms in total. The highest BCUT2D eigenvalue weighted by Gasteiger charge is 2.26. The third kappa shape index (κ3) is 4.35. The lowest BCUT2D eigenvalue weighted by Gasteiger charge is -2.32. The number of benzene rings is 1. The van der Waals surface area contributed by atoms with Crippen molar-refractivity contribution in [2.45, 2.75) is 31.7 Å². The number of methoxy groups -OCH3 is 1. The average Bonchev–Trinajstić information content (AvgIpc) is 2.70. The van der Waals surface area contributed by atoms with Gasteiger partial charge in [-0.05, 0) is 48.9 Å². The first kappa shape index (κ1) is 19.5. The molecule has 26 heavy (non-hydrogen) atoms. The van der Waals surface area contributed by atoms with E-state index in [1.165, 1.54) is 11.1 Å². The van der Waals surface area contributed by atoms with Gasteiger partial charge in [-0.15, -0.1) is 0 Å². The highest BCUT2D eigenvalue weighted by atomic mass is 127. The first-order valence-corrected chi connectivity index (χ1v) is 9.99. The maximum Gasteiger partial charge on any atom is 0.366 e. The Morgan fingerprint density at radius 2 is 2.15 bits per heavy atom. The van der Waals surface area contributed by atoms with Crippen LogP contribution in [0.15, 0.2) is 36.4 Å². The van der Waals surface area contributed by atoms with E-state index >= 15 is 0 Å². The molecular weight excluding hydrogens is 462 g/mol. The molecule has 1 aromatic heterocycles. The molecular formula is C19H22IN2O3P. The summed E-state index contributed by atoms with van der Waals surface area (Å²) in [7, 11) is 4.57. The minimum absolute atomic E-state index is 0.288. The normalized spacial score (nSPS) is 16.2. The summed E-state index contributed by atoms with van der Waals surface area (Å²) in [6, 6.07) is 12.2. The number of ether oxygens (including phenoxy) is 1. The third-order valence-electron chi connectivity index (χ3n) is 4.77. The van der Waals surface area contributed by atoms with Crippen LogP contribution < -0.4 is 4.74 Å². The second-order valence-corrected chi connectivity index (χ2v) is 7.41. The Morgan fingerprint density at radius 3 is 2.92 bits per heavy atom. The summed E-state index contributed by atoms with van der Waals surface area (Å²) >= 11 is 1.60. The van der Waals surface area contributed by atoms with Gasteiger partial charge in [0.25, 0.3) is 0 Å². The molecule has 1 aliphatic carbocycles. The smallest absolute Gasteiger partial charge is 0.366 e. The largest absolute Gasteiger partial charge is 0.496 e. The number of hydrogen-bond acceptors (Lipinski definition) is 5. The van der Waals surface area contributed by atoms with Crippen molar-refractivity contribution in [3.05, 3.63) is 58.9 Å². The third-order valence-corrected chi connectivity index (χ3v) is 5.79. The molecule has 0 fully saturated rings. The number of aromatic nitrogens is 1. The molecule has 0 radical (unpaired) electrons. The quantitative estimate of drug-likeness (QED) is 0.452. The SMILES string of the molecule is COc1ccccc1CCN(P)C1CCCc2nc(C(=O)OI)ccc21. The summed E-state index contributed by atoms with van der Waals surface area (Å²) in [6.45, 7) is 0.896. The van der Waals surface area contributed by atoms with E-state index in [4.69, 9.17) is 7.80 Å². The van der Waals surface area contributed by atoms with E-state index in [0.29, 0.717) is 5.69 Å². The van der Waals surface area contributed by atoms with Crippen molar-refractivity contribution in [3.8, 4) is 5.75 Å². The van der Waals surface area contributed by atoms with Gasteiger partial charge in [-0.1, -0.05) is 33.7 Å². The summed E-state index contributed by atoms with van der Waals surface area (Å²) < 4.78 is 12.5. The van der Waals surface area contributed by atoms with Crippen LogP contribution in [0.3, 0.4) is 0 Å². The molecule has 138 valence electrons. The monoisotopic (exact) mass is 484 g/mol. The molecule has 0 spiro atoms. The lowest BCUT2D eigenvalue weighted by atomic mass is 9.90. The van der Waals surface area contributed by atoms with Gasteiger partial charge in [0.05, 0.1) is 7.11 Å². The number of aryl methyl sites for hydroxylation is 1. The van der Waals surface area contributed by atoms with Crippen LogP contribution in [-0.4, -0.2) is 29.3 Å². The first-order valence-electron chi connectivity index (χ1n) is 8.60. The summed E-state index contributed by atoms with van der Waals surface area (Å²) in [4.78, 5) is 16.2. The maximum atomic E-state index is 11.7. The molecule has 2 atom stereocenters. The van der Waals surface area contributed by atoms with Crippen LogP contribution in [0.25, 0.3) is 0 Å². The van der Waals surface area contributed by atoms with E-state index in [2.05, 4.69) is 25.1 Å². The Balaban J connectivity index is 1.73. The molecule has 3 rings (SSSR count). The molecule has 1 aromatic carbocycles. The van der Waals surface area contributed by atoms with E-state index in [0.717, 1.165) is 43.7 Å². The Labute approximate surface area is 170 Å². The highest BCUT2D eigenvalue weighted by Crippen LogP contribution is 2.36. The van der Waals surface area contributed by atoms with Crippen molar-refractivity contribution < 1.29 is 12.6 Å². The van der Waals surface area contributed by atoms with Gasteiger partial charge in [-0.2, -0.15) is 0 Å². The van der Waals surface area contributed by atoms with Crippen LogP contribution in [0.5, 0.6) is 5.75 Å². The number of halogens is 1. The van der Waals surface area contributed by atoms with Crippen molar-refractivity contribution in [1.82, 2.24) is 9.65 Å². The Bertz CT molecular complexity index is 787. The molecule has 1 aliphatic rings. The summed E-state index contributed by atoms with van der Waals surface area (Å²) in [6.07, 6.45) is 3.96. The predicted octanol–water partition coefficient (Wildman–Crippen LogP) is 4.31. The van der Waals surface area contributed by atoms with Crippen molar-refractivity contribution in [1.29, 1.82) is 0 Å². The lowest BCUT2D eigenvalue weighted by molar-refractivity contribution is 0.0794. The van der Waals surface area contributed by atoms with Crippen LogP contribution >= 0.6 is 32.4 Å². The van der Waals surface area contributed by atoms with Crippen LogP contribution in [0.1, 0.15) is 46.2 Å². The fourth-order valence-electron chi connectivity index (χ4n) is 3.45. The lowest BCUT2D eigenvalue weighted by Crippen LogP contribution is -2.26. The van der Waals surface area contributed by atoms with Gasteiger partial charge < -0.3 is 7.80 Å². The molecule has 2 unspecified atom stereocenters. The Kier molecular flexibility index (Phi) is 6.84. The van der Waals surface area contributed by atoms with E-state index in [1.54, 1.807) is 36.2 Å². The molecule has 7 heteroatoms. The molecule has 1 heterocycles. The molecule has 2 aromatic rings. The minimum Gasteiger partial charge on any atom is -0.496 e. The number of pyridine rings is 1. The van der Waals surface area contributed by atoms with Crippen molar-refractivity contribution in [2.75, 3.05) is 13.7 Å². The van der Waals surface area contributed by atoms with Gasteiger partial charge in [0.1, 0.15) is 11.4 Å². The Hall–Kier alpha value is -1.24. The van der Waals surface area contributed by atoms with Crippen molar-refractivity contribution in [2.24, 2.45) is 0 Å². The number of carbonyl (C=O) groups is 1. The number of nitrogens with zero attached hydrogens (tertiary/aromatic N) is 2. The number of carbonyl (C=O) groups excluding carboxylic acids is 1. The number of hydrogen-bond donors (Lipinski definition) is 0. The second-order valence-electron chi connectivity index (χ2n) is 6.30. The zero-order valence-corrected chi connectivity index (χ0v) is 18.0. The summed E-state index contributed by atoms with van der Waals surface area (Å²) in [5.41, 5.74) is 3.79. The zero-order chi connectivity index (χ0) is 18.5. The van der Waals surface area contributed by atoms with Gasteiger partial charge in [0.2, 0.25) is 0 Å². The van der Waals surface area contributed by atoms with Gasteiger partial charge in [-0.25, -0.2) is 9.78 Å². The summed E-state index contributed by atoms with van der Waals surface area (Å²) in [5.74, 6) is 0.535. The second kappa shape index (κ2) is 9.11. The van der Waals surface area contributed by atoms with Gasteiger partial charge in [-0.3, -0.25) is 4.67 Å². The van der Waals surface area contributed by atoms with Crippen LogP contribution in [0, 0.1) is 0 Å². The highest BCUT2D eigenvalue weighted by molar-refractivity contribution is 14.1. The fraction of sp³-hybridized carbons (Fsp3) is 0.368. The van der Waals surface area contributed by atoms with E-state index in [1.807, 2.05) is 24.3 Å². The molecule has 0 N–H and O–H groups in total. The predicted molar refractivity (Wildman–Crippen MR) is 112 cm³/mol. The summed E-state index contributed by atoms with van der Waals surface area (Å²) in [5, 5.41) is 0. The van der Waals surface area contributed by atoms with E-state index < -0.39 is 5.97 Å². The topological polar surface area (TPSA) is 51.7 Å². The Morgan fingerprint density at radius 1 is 1.35 bits per heavy atom.